The summed E-state index contributed by atoms with van der Waals surface area (Å²) in [6, 6.07) is 13.9. The summed E-state index contributed by atoms with van der Waals surface area (Å²) in [5, 5.41) is 0.361. The summed E-state index contributed by atoms with van der Waals surface area (Å²) in [5.41, 5.74) is -1.27. The van der Waals surface area contributed by atoms with E-state index in [2.05, 4.69) is 9.71 Å². The number of alkyl halides is 3. The van der Waals surface area contributed by atoms with Gasteiger partial charge in [0.05, 0.1) is 32.7 Å². The number of benzene rings is 3. The fourth-order valence-corrected chi connectivity index (χ4v) is 4.43. The fraction of sp³-hybridized carbons (Fsp3) is 0.0909. The van der Waals surface area contributed by atoms with Crippen molar-refractivity contribution in [2.24, 2.45) is 0 Å². The Kier molecular flexibility index (Phi) is 5.44. The summed E-state index contributed by atoms with van der Waals surface area (Å²) in [6.07, 6.45) is -5.06. The third kappa shape index (κ3) is 4.31. The van der Waals surface area contributed by atoms with Crippen molar-refractivity contribution in [2.75, 3.05) is 4.72 Å². The van der Waals surface area contributed by atoms with Crippen molar-refractivity contribution in [3.63, 3.8) is 0 Å². The molecule has 4 rings (SSSR count). The monoisotopic (exact) mass is 477 g/mol. The van der Waals surface area contributed by atoms with E-state index in [0.29, 0.717) is 28.5 Å². The molecule has 170 valence electrons. The van der Waals surface area contributed by atoms with Gasteiger partial charge in [-0.2, -0.15) is 13.2 Å². The smallest absolute Gasteiger partial charge is 0.280 e. The van der Waals surface area contributed by atoms with E-state index in [1.54, 1.807) is 37.3 Å². The van der Waals surface area contributed by atoms with Crippen LogP contribution in [0.15, 0.2) is 76.4 Å². The van der Waals surface area contributed by atoms with Crippen LogP contribution < -0.4 is 10.3 Å². The van der Waals surface area contributed by atoms with Gasteiger partial charge in [0, 0.05) is 0 Å². The van der Waals surface area contributed by atoms with Crippen LogP contribution in [0.2, 0.25) is 0 Å². The number of aryl methyl sites for hydroxylation is 1. The van der Waals surface area contributed by atoms with Gasteiger partial charge in [0.25, 0.3) is 15.6 Å². The first kappa shape index (κ1) is 22.5. The van der Waals surface area contributed by atoms with Crippen LogP contribution >= 0.6 is 0 Å². The summed E-state index contributed by atoms with van der Waals surface area (Å²) < 4.78 is 81.3. The molecular formula is C22H15F4N3O3S. The van der Waals surface area contributed by atoms with Gasteiger partial charge < -0.3 is 0 Å². The first-order valence-corrected chi connectivity index (χ1v) is 10.9. The van der Waals surface area contributed by atoms with E-state index in [1.807, 2.05) is 0 Å². The highest BCUT2D eigenvalue weighted by Crippen LogP contribution is 2.33. The van der Waals surface area contributed by atoms with Crippen molar-refractivity contribution in [1.82, 2.24) is 9.55 Å². The maximum atomic E-state index is 13.5. The second-order valence-electron chi connectivity index (χ2n) is 7.11. The van der Waals surface area contributed by atoms with E-state index < -0.39 is 32.5 Å². The Hall–Kier alpha value is -3.73. The molecule has 0 bridgehead atoms. The molecule has 1 aromatic heterocycles. The number of sulfonamides is 1. The maximum absolute atomic E-state index is 13.5. The van der Waals surface area contributed by atoms with Crippen molar-refractivity contribution < 1.29 is 26.0 Å². The summed E-state index contributed by atoms with van der Waals surface area (Å²) >= 11 is 0. The van der Waals surface area contributed by atoms with Gasteiger partial charge in [0.1, 0.15) is 11.6 Å². The van der Waals surface area contributed by atoms with Gasteiger partial charge in [-0.25, -0.2) is 17.8 Å². The van der Waals surface area contributed by atoms with E-state index in [0.717, 1.165) is 6.07 Å². The second-order valence-corrected chi connectivity index (χ2v) is 8.79. The number of para-hydroxylation sites is 1. The third-order valence-electron chi connectivity index (χ3n) is 4.85. The second kappa shape index (κ2) is 8.00. The van der Waals surface area contributed by atoms with Crippen molar-refractivity contribution in [1.29, 1.82) is 0 Å². The highest BCUT2D eigenvalue weighted by atomic mass is 32.2. The Balaban J connectivity index is 1.75. The molecule has 11 heteroatoms. The predicted molar refractivity (Wildman–Crippen MR) is 114 cm³/mol. The molecule has 0 fully saturated rings. The number of rotatable bonds is 4. The average molecular weight is 477 g/mol. The molecule has 0 amide bonds. The lowest BCUT2D eigenvalue weighted by atomic mass is 10.2. The van der Waals surface area contributed by atoms with Crippen molar-refractivity contribution in [2.45, 2.75) is 18.0 Å². The van der Waals surface area contributed by atoms with E-state index >= 15 is 0 Å². The molecule has 4 aromatic rings. The number of hydrogen-bond donors (Lipinski definition) is 1. The molecule has 0 aliphatic rings. The van der Waals surface area contributed by atoms with Gasteiger partial charge in [-0.1, -0.05) is 18.2 Å². The third-order valence-corrected chi connectivity index (χ3v) is 6.23. The molecule has 1 N–H and O–H groups in total. The molecule has 1 heterocycles. The molecule has 0 radical (unpaired) electrons. The largest absolute Gasteiger partial charge is 0.419 e. The zero-order chi connectivity index (χ0) is 24.0. The zero-order valence-corrected chi connectivity index (χ0v) is 17.7. The summed E-state index contributed by atoms with van der Waals surface area (Å²) in [4.78, 5) is 16.6. The van der Waals surface area contributed by atoms with Crippen molar-refractivity contribution in [3.8, 4) is 5.69 Å². The predicted octanol–water partition coefficient (Wildman–Crippen LogP) is 4.65. The molecule has 0 aliphatic carbocycles. The lowest BCUT2D eigenvalue weighted by Gasteiger charge is -2.14. The van der Waals surface area contributed by atoms with Crippen LogP contribution in [0.5, 0.6) is 0 Å². The first-order chi connectivity index (χ1) is 15.5. The lowest BCUT2D eigenvalue weighted by molar-refractivity contribution is -0.140. The number of nitrogens with zero attached hydrogens (tertiary/aromatic N) is 2. The first-order valence-electron chi connectivity index (χ1n) is 9.46. The minimum Gasteiger partial charge on any atom is -0.280 e. The van der Waals surface area contributed by atoms with Crippen molar-refractivity contribution >= 4 is 26.6 Å². The van der Waals surface area contributed by atoms with Gasteiger partial charge in [0.2, 0.25) is 0 Å². The molecule has 0 aliphatic heterocycles. The van der Waals surface area contributed by atoms with Crippen LogP contribution in [0.25, 0.3) is 16.6 Å². The Labute approximate surface area is 185 Å². The Morgan fingerprint density at radius 2 is 1.70 bits per heavy atom. The number of aromatic nitrogens is 2. The van der Waals surface area contributed by atoms with Crippen LogP contribution in [0.3, 0.4) is 0 Å². The lowest BCUT2D eigenvalue weighted by Crippen LogP contribution is -2.22. The van der Waals surface area contributed by atoms with Crippen LogP contribution in [0.1, 0.15) is 11.4 Å². The molecule has 3 aromatic carbocycles. The zero-order valence-electron chi connectivity index (χ0n) is 16.9. The summed E-state index contributed by atoms with van der Waals surface area (Å²) in [5.74, 6) is -1.23. The SMILES string of the molecule is Cc1nc2ccccc2c(=O)n1-c1cccc(NS(=O)(=O)c2ccc(F)c(C(F)(F)F)c2)c1. The highest BCUT2D eigenvalue weighted by molar-refractivity contribution is 7.92. The number of anilines is 1. The standard InChI is InChI=1S/C22H15F4N3O3S/c1-13-27-20-8-3-2-7-17(20)21(30)29(13)15-6-4-5-14(11-15)28-33(31,32)16-9-10-19(23)18(12-16)22(24,25)26/h2-12,28H,1H3. The van der Waals surface area contributed by atoms with Gasteiger partial charge in [-0.05, 0) is 55.5 Å². The minimum absolute atomic E-state index is 0.00941. The maximum Gasteiger partial charge on any atom is 0.419 e. The number of fused-ring (bicyclic) bond motifs is 1. The van der Waals surface area contributed by atoms with E-state index in [1.165, 1.54) is 22.8 Å². The van der Waals surface area contributed by atoms with E-state index in [9.17, 15) is 30.8 Å². The van der Waals surface area contributed by atoms with E-state index in [4.69, 9.17) is 0 Å². The summed E-state index contributed by atoms with van der Waals surface area (Å²) in [6.45, 7) is 1.61. The highest BCUT2D eigenvalue weighted by Gasteiger charge is 2.35. The van der Waals surface area contributed by atoms with Crippen LogP contribution in [0, 0.1) is 12.7 Å². The van der Waals surface area contributed by atoms with E-state index in [-0.39, 0.29) is 17.3 Å². The molecule has 0 spiro atoms. The van der Waals surface area contributed by atoms with Crippen LogP contribution in [-0.2, 0) is 16.2 Å². The molecular weight excluding hydrogens is 462 g/mol. The molecule has 0 saturated carbocycles. The number of nitrogens with one attached hydrogen (secondary N) is 1. The average Bonchev–Trinajstić information content (AvgIpc) is 2.73. The summed E-state index contributed by atoms with van der Waals surface area (Å²) in [7, 11) is -4.49. The van der Waals surface area contributed by atoms with Crippen LogP contribution in [0.4, 0.5) is 23.2 Å². The number of hydrogen-bond acceptors (Lipinski definition) is 4. The molecule has 33 heavy (non-hydrogen) atoms. The quantitative estimate of drug-likeness (QED) is 0.434. The fourth-order valence-electron chi connectivity index (χ4n) is 3.36. The minimum atomic E-state index is -5.06. The molecule has 6 nitrogen and oxygen atoms in total. The van der Waals surface area contributed by atoms with Crippen molar-refractivity contribution in [3.05, 3.63) is 94.3 Å². The van der Waals surface area contributed by atoms with Gasteiger partial charge in [-0.15, -0.1) is 0 Å². The topological polar surface area (TPSA) is 81.1 Å². The van der Waals surface area contributed by atoms with Gasteiger partial charge in [-0.3, -0.25) is 14.1 Å². The Morgan fingerprint density at radius 3 is 2.42 bits per heavy atom. The molecule has 0 saturated heterocycles. The molecule has 0 atom stereocenters. The Bertz CT molecular complexity index is 1550. The van der Waals surface area contributed by atoms with Gasteiger partial charge >= 0.3 is 6.18 Å². The number of halogens is 4. The van der Waals surface area contributed by atoms with Gasteiger partial charge in [0.15, 0.2) is 0 Å². The normalized spacial score (nSPS) is 12.2. The molecule has 0 unspecified atom stereocenters. The Morgan fingerprint density at radius 1 is 0.970 bits per heavy atom. The van der Waals surface area contributed by atoms with Crippen LogP contribution in [-0.4, -0.2) is 18.0 Å².